The van der Waals surface area contributed by atoms with Gasteiger partial charge < -0.3 is 14.2 Å². The number of carbonyl (C=O) groups is 1. The van der Waals surface area contributed by atoms with E-state index in [1.54, 1.807) is 17.0 Å². The third kappa shape index (κ3) is 4.04. The minimum atomic E-state index is -0.248. The molecule has 24 heavy (non-hydrogen) atoms. The van der Waals surface area contributed by atoms with Gasteiger partial charge >= 0.3 is 6.09 Å². The van der Waals surface area contributed by atoms with E-state index in [1.165, 1.54) is 0 Å². The van der Waals surface area contributed by atoms with Gasteiger partial charge in [-0.1, -0.05) is 16.8 Å². The van der Waals surface area contributed by atoms with Crippen LogP contribution in [0.1, 0.15) is 12.7 Å². The van der Waals surface area contributed by atoms with Crippen molar-refractivity contribution in [1.29, 1.82) is 0 Å². The van der Waals surface area contributed by atoms with Gasteiger partial charge in [0.05, 0.1) is 13.2 Å². The molecule has 0 aliphatic carbocycles. The molecule has 1 saturated heterocycles. The van der Waals surface area contributed by atoms with E-state index in [1.807, 2.05) is 19.1 Å². The SMILES string of the molecule is CCOC(=O)N1CCN(Cc2noc(-c3ccc(Cl)cc3)n2)CC1. The molecule has 8 heteroatoms. The van der Waals surface area contributed by atoms with Gasteiger partial charge in [0, 0.05) is 36.8 Å². The minimum Gasteiger partial charge on any atom is -0.450 e. The maximum absolute atomic E-state index is 11.7. The highest BCUT2D eigenvalue weighted by atomic mass is 35.5. The van der Waals surface area contributed by atoms with E-state index in [2.05, 4.69) is 15.0 Å². The lowest BCUT2D eigenvalue weighted by atomic mass is 10.2. The Morgan fingerprint density at radius 3 is 2.62 bits per heavy atom. The van der Waals surface area contributed by atoms with Gasteiger partial charge in [0.2, 0.25) is 0 Å². The van der Waals surface area contributed by atoms with Crippen molar-refractivity contribution in [2.45, 2.75) is 13.5 Å². The van der Waals surface area contributed by atoms with Gasteiger partial charge in [-0.05, 0) is 31.2 Å². The van der Waals surface area contributed by atoms with Crippen LogP contribution < -0.4 is 0 Å². The molecule has 128 valence electrons. The average Bonchev–Trinajstić information content (AvgIpc) is 3.05. The molecule has 1 fully saturated rings. The summed E-state index contributed by atoms with van der Waals surface area (Å²) in [5.41, 5.74) is 0.838. The first-order valence-corrected chi connectivity index (χ1v) is 8.26. The number of hydrogen-bond donors (Lipinski definition) is 0. The number of benzene rings is 1. The topological polar surface area (TPSA) is 71.7 Å². The summed E-state index contributed by atoms with van der Waals surface area (Å²) in [6.45, 7) is 5.58. The first kappa shape index (κ1) is 16.7. The zero-order valence-corrected chi connectivity index (χ0v) is 14.2. The van der Waals surface area contributed by atoms with Gasteiger partial charge in [0.1, 0.15) is 0 Å². The lowest BCUT2D eigenvalue weighted by Gasteiger charge is -2.33. The van der Waals surface area contributed by atoms with E-state index in [0.717, 1.165) is 18.7 Å². The number of halogens is 1. The maximum Gasteiger partial charge on any atom is 0.409 e. The zero-order chi connectivity index (χ0) is 16.9. The molecule has 1 amide bonds. The van der Waals surface area contributed by atoms with Crippen LogP contribution in [0.2, 0.25) is 5.02 Å². The van der Waals surface area contributed by atoms with Gasteiger partial charge in [-0.2, -0.15) is 4.98 Å². The number of rotatable bonds is 4. The lowest BCUT2D eigenvalue weighted by molar-refractivity contribution is 0.0769. The summed E-state index contributed by atoms with van der Waals surface area (Å²) in [4.78, 5) is 20.0. The minimum absolute atomic E-state index is 0.248. The Bertz CT molecular complexity index is 681. The molecule has 1 aliphatic rings. The standard InChI is InChI=1S/C16H19ClN4O3/c1-2-23-16(22)21-9-7-20(8-10-21)11-14-18-15(24-19-14)12-3-5-13(17)6-4-12/h3-6H,2,7-11H2,1H3. The highest BCUT2D eigenvalue weighted by Gasteiger charge is 2.23. The molecule has 0 radical (unpaired) electrons. The summed E-state index contributed by atoms with van der Waals surface area (Å²) in [7, 11) is 0. The highest BCUT2D eigenvalue weighted by Crippen LogP contribution is 2.20. The maximum atomic E-state index is 11.7. The van der Waals surface area contributed by atoms with E-state index >= 15 is 0 Å². The fraction of sp³-hybridized carbons (Fsp3) is 0.438. The molecule has 0 unspecified atom stereocenters. The second-order valence-corrected chi connectivity index (χ2v) is 5.92. The normalized spacial score (nSPS) is 15.5. The molecule has 0 saturated carbocycles. The smallest absolute Gasteiger partial charge is 0.409 e. The molecule has 1 aliphatic heterocycles. The van der Waals surface area contributed by atoms with Crippen LogP contribution in [-0.4, -0.2) is 58.8 Å². The summed E-state index contributed by atoms with van der Waals surface area (Å²) in [6.07, 6.45) is -0.248. The summed E-state index contributed by atoms with van der Waals surface area (Å²) in [5, 5.41) is 4.69. The van der Waals surface area contributed by atoms with Crippen molar-refractivity contribution in [3.8, 4) is 11.5 Å². The average molecular weight is 351 g/mol. The van der Waals surface area contributed by atoms with Crippen LogP contribution in [0.25, 0.3) is 11.5 Å². The molecule has 1 aromatic carbocycles. The van der Waals surface area contributed by atoms with Gasteiger partial charge in [-0.25, -0.2) is 4.79 Å². The summed E-state index contributed by atoms with van der Waals surface area (Å²) in [6, 6.07) is 7.26. The van der Waals surface area contributed by atoms with Crippen molar-refractivity contribution in [3.63, 3.8) is 0 Å². The molecule has 3 rings (SSSR count). The molecular weight excluding hydrogens is 332 g/mol. The quantitative estimate of drug-likeness (QED) is 0.844. The number of piperazine rings is 1. The van der Waals surface area contributed by atoms with Gasteiger partial charge in [0.15, 0.2) is 5.82 Å². The second-order valence-electron chi connectivity index (χ2n) is 5.48. The first-order valence-electron chi connectivity index (χ1n) is 7.88. The Labute approximate surface area is 145 Å². The lowest BCUT2D eigenvalue weighted by Crippen LogP contribution is -2.48. The summed E-state index contributed by atoms with van der Waals surface area (Å²) in [5.74, 6) is 1.11. The van der Waals surface area contributed by atoms with Gasteiger partial charge in [-0.15, -0.1) is 0 Å². The third-order valence-electron chi connectivity index (χ3n) is 3.82. The summed E-state index contributed by atoms with van der Waals surface area (Å²) < 4.78 is 10.3. The second kappa shape index (κ2) is 7.63. The van der Waals surface area contributed by atoms with Gasteiger partial charge in [-0.3, -0.25) is 4.90 Å². The van der Waals surface area contributed by atoms with Crippen molar-refractivity contribution >= 4 is 17.7 Å². The van der Waals surface area contributed by atoms with E-state index in [4.69, 9.17) is 20.9 Å². The van der Waals surface area contributed by atoms with Crippen molar-refractivity contribution in [3.05, 3.63) is 35.1 Å². The molecule has 0 atom stereocenters. The van der Waals surface area contributed by atoms with E-state index in [0.29, 0.717) is 43.0 Å². The van der Waals surface area contributed by atoms with Crippen LogP contribution in [0, 0.1) is 0 Å². The van der Waals surface area contributed by atoms with Crippen LogP contribution in [0.4, 0.5) is 4.79 Å². The predicted molar refractivity (Wildman–Crippen MR) is 88.6 cm³/mol. The van der Waals surface area contributed by atoms with Gasteiger partial charge in [0.25, 0.3) is 5.89 Å². The number of aromatic nitrogens is 2. The van der Waals surface area contributed by atoms with Crippen LogP contribution >= 0.6 is 11.6 Å². The number of amides is 1. The largest absolute Gasteiger partial charge is 0.450 e. The fourth-order valence-corrected chi connectivity index (χ4v) is 2.66. The number of hydrogen-bond acceptors (Lipinski definition) is 6. The Balaban J connectivity index is 1.54. The molecule has 2 heterocycles. The first-order chi connectivity index (χ1) is 11.7. The summed E-state index contributed by atoms with van der Waals surface area (Å²) >= 11 is 5.88. The molecule has 2 aromatic rings. The fourth-order valence-electron chi connectivity index (χ4n) is 2.53. The van der Waals surface area contributed by atoms with Crippen molar-refractivity contribution in [2.75, 3.05) is 32.8 Å². The van der Waals surface area contributed by atoms with Crippen molar-refractivity contribution in [2.24, 2.45) is 0 Å². The number of carbonyl (C=O) groups excluding carboxylic acids is 1. The van der Waals surface area contributed by atoms with E-state index in [9.17, 15) is 4.79 Å². The Morgan fingerprint density at radius 1 is 1.25 bits per heavy atom. The number of nitrogens with zero attached hydrogens (tertiary/aromatic N) is 4. The Morgan fingerprint density at radius 2 is 1.96 bits per heavy atom. The van der Waals surface area contributed by atoms with Crippen molar-refractivity contribution < 1.29 is 14.1 Å². The van der Waals surface area contributed by atoms with Crippen molar-refractivity contribution in [1.82, 2.24) is 19.9 Å². The van der Waals surface area contributed by atoms with Crippen LogP contribution in [0.5, 0.6) is 0 Å². The van der Waals surface area contributed by atoms with Crippen LogP contribution in [0.15, 0.2) is 28.8 Å². The Kier molecular flexibility index (Phi) is 5.32. The molecule has 1 aromatic heterocycles. The van der Waals surface area contributed by atoms with E-state index in [-0.39, 0.29) is 6.09 Å². The molecular formula is C16H19ClN4O3. The zero-order valence-electron chi connectivity index (χ0n) is 13.4. The molecule has 0 N–H and O–H groups in total. The van der Waals surface area contributed by atoms with Crippen LogP contribution in [-0.2, 0) is 11.3 Å². The Hall–Kier alpha value is -2.12. The number of ether oxygens (including phenoxy) is 1. The van der Waals surface area contributed by atoms with E-state index < -0.39 is 0 Å². The third-order valence-corrected chi connectivity index (χ3v) is 4.07. The molecule has 0 spiro atoms. The highest BCUT2D eigenvalue weighted by molar-refractivity contribution is 6.30. The van der Waals surface area contributed by atoms with Crippen LogP contribution in [0.3, 0.4) is 0 Å². The monoisotopic (exact) mass is 350 g/mol. The molecule has 0 bridgehead atoms. The molecule has 7 nitrogen and oxygen atoms in total. The predicted octanol–water partition coefficient (Wildman–Crippen LogP) is 2.66.